The molecule has 0 radical (unpaired) electrons. The van der Waals surface area contributed by atoms with Crippen LogP contribution in [-0.2, 0) is 16.0 Å². The van der Waals surface area contributed by atoms with Crippen molar-refractivity contribution in [3.63, 3.8) is 0 Å². The summed E-state index contributed by atoms with van der Waals surface area (Å²) in [5, 5.41) is 2.78. The van der Waals surface area contributed by atoms with Gasteiger partial charge >= 0.3 is 12.0 Å². The number of rotatable bonds is 9. The van der Waals surface area contributed by atoms with Gasteiger partial charge in [0.25, 0.3) is 5.91 Å². The normalized spacial score (nSPS) is 13.5. The predicted octanol–water partition coefficient (Wildman–Crippen LogP) is 4.31. The molecule has 35 heavy (non-hydrogen) atoms. The fourth-order valence-corrected chi connectivity index (χ4v) is 3.70. The molecule has 3 aromatic rings. The largest absolute Gasteiger partial charge is 0.467 e. The molecule has 1 amide bonds. The van der Waals surface area contributed by atoms with Crippen LogP contribution < -0.4 is 10.1 Å². The molecule has 178 valence electrons. The molecule has 0 saturated heterocycles. The highest BCUT2D eigenvalue weighted by Gasteiger charge is 2.22. The molecular formula is C28H27N3O4. The Morgan fingerprint density at radius 3 is 2.37 bits per heavy atom. The van der Waals surface area contributed by atoms with Crippen molar-refractivity contribution in [2.24, 2.45) is 0 Å². The first-order valence-corrected chi connectivity index (χ1v) is 11.5. The summed E-state index contributed by atoms with van der Waals surface area (Å²) in [5.74, 6) is -0.844. The first-order chi connectivity index (χ1) is 17.1. The van der Waals surface area contributed by atoms with Crippen LogP contribution in [0.2, 0.25) is 0 Å². The molecule has 1 heterocycles. The number of carbonyl (C=O) groups is 2. The number of esters is 1. The smallest absolute Gasteiger partial charge is 0.328 e. The number of amides is 1. The molecule has 2 aromatic carbocycles. The Morgan fingerprint density at radius 2 is 1.71 bits per heavy atom. The number of hydrogen-bond acceptors (Lipinski definition) is 6. The summed E-state index contributed by atoms with van der Waals surface area (Å²) in [4.78, 5) is 33.6. The van der Waals surface area contributed by atoms with Gasteiger partial charge < -0.3 is 14.8 Å². The van der Waals surface area contributed by atoms with E-state index in [1.54, 1.807) is 24.5 Å². The highest BCUT2D eigenvalue weighted by atomic mass is 16.5. The molecule has 0 fully saturated rings. The van der Waals surface area contributed by atoms with Gasteiger partial charge in [0, 0.05) is 29.9 Å². The minimum Gasteiger partial charge on any atom is -0.467 e. The fraction of sp³-hybridized carbons (Fsp3) is 0.214. The van der Waals surface area contributed by atoms with Gasteiger partial charge in [-0.2, -0.15) is 0 Å². The van der Waals surface area contributed by atoms with Gasteiger partial charge in [-0.15, -0.1) is 0 Å². The molecule has 1 aliphatic rings. The van der Waals surface area contributed by atoms with Crippen molar-refractivity contribution in [3.05, 3.63) is 102 Å². The lowest BCUT2D eigenvalue weighted by molar-refractivity contribution is -0.142. The van der Waals surface area contributed by atoms with Crippen molar-refractivity contribution < 1.29 is 19.1 Å². The highest BCUT2D eigenvalue weighted by Crippen LogP contribution is 2.20. The van der Waals surface area contributed by atoms with E-state index >= 15 is 0 Å². The number of methoxy groups -OCH3 is 1. The minimum atomic E-state index is -0.782. The first-order valence-electron chi connectivity index (χ1n) is 11.5. The van der Waals surface area contributed by atoms with Crippen LogP contribution in [-0.4, -0.2) is 41.6 Å². The second kappa shape index (κ2) is 11.7. The van der Waals surface area contributed by atoms with Gasteiger partial charge in [-0.05, 0) is 41.7 Å². The summed E-state index contributed by atoms with van der Waals surface area (Å²) in [7, 11) is 1.31. The number of aromatic nitrogens is 2. The van der Waals surface area contributed by atoms with Gasteiger partial charge in [-0.3, -0.25) is 4.79 Å². The van der Waals surface area contributed by atoms with E-state index in [9.17, 15) is 9.59 Å². The van der Waals surface area contributed by atoms with Gasteiger partial charge in [0.05, 0.1) is 7.11 Å². The zero-order chi connectivity index (χ0) is 24.5. The van der Waals surface area contributed by atoms with E-state index in [2.05, 4.69) is 33.5 Å². The van der Waals surface area contributed by atoms with E-state index in [0.717, 1.165) is 35.1 Å². The van der Waals surface area contributed by atoms with Gasteiger partial charge in [0.2, 0.25) is 0 Å². The molecule has 0 spiro atoms. The molecule has 1 unspecified atom stereocenters. The Balaban J connectivity index is 1.37. The molecule has 0 aliphatic heterocycles. The summed E-state index contributed by atoms with van der Waals surface area (Å²) in [6, 6.07) is 16.0. The van der Waals surface area contributed by atoms with Crippen molar-refractivity contribution >= 4 is 11.9 Å². The summed E-state index contributed by atoms with van der Waals surface area (Å²) in [5.41, 5.74) is 4.15. The van der Waals surface area contributed by atoms with E-state index < -0.39 is 12.0 Å². The molecule has 1 aliphatic carbocycles. The topological polar surface area (TPSA) is 90.4 Å². The SMILES string of the molecule is COC(=O)C(Cc1ccccc1)NC(=O)c1ccc(-c2cnc(OCC3=CCCC=C3)nc2)cc1. The van der Waals surface area contributed by atoms with E-state index in [1.165, 1.54) is 7.11 Å². The minimum absolute atomic E-state index is 0.317. The molecule has 0 bridgehead atoms. The van der Waals surface area contributed by atoms with Crippen molar-refractivity contribution in [2.45, 2.75) is 25.3 Å². The van der Waals surface area contributed by atoms with Gasteiger partial charge in [0.15, 0.2) is 0 Å². The first kappa shape index (κ1) is 23.9. The number of nitrogens with zero attached hydrogens (tertiary/aromatic N) is 2. The van der Waals surface area contributed by atoms with Crippen molar-refractivity contribution in [2.75, 3.05) is 13.7 Å². The Morgan fingerprint density at radius 1 is 0.971 bits per heavy atom. The standard InChI is InChI=1S/C28H27N3O4/c1-34-27(33)25(16-20-8-4-2-5-9-20)31-26(32)23-14-12-22(13-15-23)24-17-29-28(30-18-24)35-19-21-10-6-3-7-11-21/h2,4-6,8-15,17-18,25H,3,7,16,19H2,1H3,(H,31,32). The molecule has 7 nitrogen and oxygen atoms in total. The van der Waals surface area contributed by atoms with Gasteiger partial charge in [-0.1, -0.05) is 60.7 Å². The summed E-state index contributed by atoms with van der Waals surface area (Å²) >= 11 is 0. The number of ether oxygens (including phenoxy) is 2. The van der Waals surface area contributed by atoms with Crippen molar-refractivity contribution in [1.29, 1.82) is 0 Å². The summed E-state index contributed by atoms with van der Waals surface area (Å²) in [6.07, 6.45) is 12.2. The number of nitrogens with one attached hydrogen (secondary N) is 1. The number of hydrogen-bond donors (Lipinski definition) is 1. The van der Waals surface area contributed by atoms with Crippen LogP contribution >= 0.6 is 0 Å². The van der Waals surface area contributed by atoms with Crippen LogP contribution in [0.25, 0.3) is 11.1 Å². The Hall–Kier alpha value is -4.26. The van der Waals surface area contributed by atoms with E-state index in [4.69, 9.17) is 9.47 Å². The number of allylic oxidation sites excluding steroid dienone is 2. The van der Waals surface area contributed by atoms with Gasteiger partial charge in [0.1, 0.15) is 12.6 Å². The molecule has 1 aromatic heterocycles. The van der Waals surface area contributed by atoms with Crippen LogP contribution in [0.4, 0.5) is 0 Å². The molecule has 0 saturated carbocycles. The molecular weight excluding hydrogens is 442 g/mol. The fourth-order valence-electron chi connectivity index (χ4n) is 3.70. The zero-order valence-corrected chi connectivity index (χ0v) is 19.5. The average Bonchev–Trinajstić information content (AvgIpc) is 2.92. The molecule has 1 atom stereocenters. The quantitative estimate of drug-likeness (QED) is 0.470. The number of benzene rings is 2. The van der Waals surface area contributed by atoms with Gasteiger partial charge in [-0.25, -0.2) is 14.8 Å². The third-order valence-corrected chi connectivity index (χ3v) is 5.62. The lowest BCUT2D eigenvalue weighted by Crippen LogP contribution is -2.43. The maximum absolute atomic E-state index is 12.8. The molecule has 7 heteroatoms. The molecule has 1 N–H and O–H groups in total. The van der Waals surface area contributed by atoms with Crippen molar-refractivity contribution in [3.8, 4) is 17.1 Å². The monoisotopic (exact) mass is 469 g/mol. The third-order valence-electron chi connectivity index (χ3n) is 5.62. The maximum Gasteiger partial charge on any atom is 0.328 e. The predicted molar refractivity (Wildman–Crippen MR) is 133 cm³/mol. The third kappa shape index (κ3) is 6.63. The zero-order valence-electron chi connectivity index (χ0n) is 19.5. The lowest BCUT2D eigenvalue weighted by atomic mass is 10.0. The average molecular weight is 470 g/mol. The Kier molecular flexibility index (Phi) is 8.01. The van der Waals surface area contributed by atoms with Crippen LogP contribution in [0.1, 0.15) is 28.8 Å². The van der Waals surface area contributed by atoms with Crippen LogP contribution in [0.15, 0.2) is 90.8 Å². The summed E-state index contributed by atoms with van der Waals surface area (Å²) in [6.45, 7) is 0.441. The second-order valence-electron chi connectivity index (χ2n) is 8.12. The van der Waals surface area contributed by atoms with Crippen molar-refractivity contribution in [1.82, 2.24) is 15.3 Å². The van der Waals surface area contributed by atoms with E-state index in [-0.39, 0.29) is 5.91 Å². The Labute approximate surface area is 204 Å². The van der Waals surface area contributed by atoms with E-state index in [1.807, 2.05) is 42.5 Å². The second-order valence-corrected chi connectivity index (χ2v) is 8.12. The highest BCUT2D eigenvalue weighted by molar-refractivity contribution is 5.97. The maximum atomic E-state index is 12.8. The number of carbonyl (C=O) groups excluding carboxylic acids is 2. The van der Waals surface area contributed by atoms with E-state index in [0.29, 0.717) is 24.6 Å². The molecule has 4 rings (SSSR count). The van der Waals surface area contributed by atoms with Crippen LogP contribution in [0.5, 0.6) is 6.01 Å². The summed E-state index contributed by atoms with van der Waals surface area (Å²) < 4.78 is 10.5. The Bertz CT molecular complexity index is 1200. The lowest BCUT2D eigenvalue weighted by Gasteiger charge is -2.17. The van der Waals surface area contributed by atoms with Crippen LogP contribution in [0.3, 0.4) is 0 Å². The van der Waals surface area contributed by atoms with Crippen LogP contribution in [0, 0.1) is 0 Å².